The van der Waals surface area contributed by atoms with Gasteiger partial charge in [-0.3, -0.25) is 4.79 Å². The molecule has 0 radical (unpaired) electrons. The maximum atomic E-state index is 12.4. The van der Waals surface area contributed by atoms with Crippen molar-refractivity contribution < 1.29 is 4.79 Å². The van der Waals surface area contributed by atoms with Crippen molar-refractivity contribution >= 4 is 29.1 Å². The predicted molar refractivity (Wildman–Crippen MR) is 89.2 cm³/mol. The molecule has 0 atom stereocenters. The fraction of sp³-hybridized carbons (Fsp3) is 0.353. The molecule has 0 aliphatic carbocycles. The van der Waals surface area contributed by atoms with Crippen molar-refractivity contribution in [1.29, 1.82) is 0 Å². The lowest BCUT2D eigenvalue weighted by Gasteiger charge is -2.35. The Kier molecular flexibility index (Phi) is 4.86. The van der Waals surface area contributed by atoms with Crippen molar-refractivity contribution in [1.82, 2.24) is 10.6 Å². The van der Waals surface area contributed by atoms with Crippen LogP contribution >= 0.6 is 12.4 Å². The van der Waals surface area contributed by atoms with Crippen molar-refractivity contribution in [2.75, 3.05) is 13.1 Å². The van der Waals surface area contributed by atoms with E-state index in [1.54, 1.807) is 0 Å². The number of hydrogen-bond donors (Lipinski definition) is 2. The van der Waals surface area contributed by atoms with E-state index in [4.69, 9.17) is 0 Å². The van der Waals surface area contributed by atoms with E-state index in [0.717, 1.165) is 42.3 Å². The van der Waals surface area contributed by atoms with E-state index in [2.05, 4.69) is 23.6 Å². The summed E-state index contributed by atoms with van der Waals surface area (Å²) in [5.74, 6) is 0.0279. The van der Waals surface area contributed by atoms with E-state index in [-0.39, 0.29) is 23.9 Å². The summed E-state index contributed by atoms with van der Waals surface area (Å²) >= 11 is 0. The third kappa shape index (κ3) is 3.55. The molecule has 0 saturated carbocycles. The third-order valence-electron chi connectivity index (χ3n) is 4.13. The Balaban J connectivity index is 0.00000161. The van der Waals surface area contributed by atoms with Crippen LogP contribution in [0.4, 0.5) is 0 Å². The second-order valence-electron chi connectivity index (χ2n) is 5.83. The van der Waals surface area contributed by atoms with E-state index in [1.165, 1.54) is 0 Å². The van der Waals surface area contributed by atoms with E-state index in [1.807, 2.05) is 36.4 Å². The van der Waals surface area contributed by atoms with Gasteiger partial charge in [0.2, 0.25) is 0 Å². The zero-order valence-electron chi connectivity index (χ0n) is 12.2. The lowest BCUT2D eigenvalue weighted by atomic mass is 9.90. The van der Waals surface area contributed by atoms with Gasteiger partial charge >= 0.3 is 0 Å². The molecule has 1 heterocycles. The highest BCUT2D eigenvalue weighted by atomic mass is 35.5. The average molecular weight is 305 g/mol. The summed E-state index contributed by atoms with van der Waals surface area (Å²) in [6, 6.07) is 14.0. The fourth-order valence-electron chi connectivity index (χ4n) is 2.78. The third-order valence-corrected chi connectivity index (χ3v) is 4.13. The number of piperidine rings is 1. The van der Waals surface area contributed by atoms with Gasteiger partial charge in [-0.1, -0.05) is 30.3 Å². The van der Waals surface area contributed by atoms with Crippen molar-refractivity contribution in [3.8, 4) is 0 Å². The van der Waals surface area contributed by atoms with Crippen molar-refractivity contribution in [3.63, 3.8) is 0 Å². The lowest BCUT2D eigenvalue weighted by molar-refractivity contribution is 0.0887. The number of halogens is 1. The van der Waals surface area contributed by atoms with Gasteiger partial charge < -0.3 is 10.6 Å². The van der Waals surface area contributed by atoms with Gasteiger partial charge in [0.05, 0.1) is 0 Å². The van der Waals surface area contributed by atoms with Gasteiger partial charge in [-0.25, -0.2) is 0 Å². The van der Waals surface area contributed by atoms with E-state index in [0.29, 0.717) is 0 Å². The van der Waals surface area contributed by atoms with Crippen LogP contribution in [0.1, 0.15) is 30.1 Å². The quantitative estimate of drug-likeness (QED) is 0.895. The normalized spacial score (nSPS) is 17.0. The van der Waals surface area contributed by atoms with Gasteiger partial charge in [-0.15, -0.1) is 12.4 Å². The first kappa shape index (κ1) is 15.8. The molecule has 0 aromatic heterocycles. The molecule has 2 aromatic rings. The summed E-state index contributed by atoms with van der Waals surface area (Å²) in [4.78, 5) is 12.4. The molecule has 0 bridgehead atoms. The van der Waals surface area contributed by atoms with Crippen molar-refractivity contribution in [3.05, 3.63) is 48.0 Å². The van der Waals surface area contributed by atoms with E-state index in [9.17, 15) is 4.79 Å². The lowest BCUT2D eigenvalue weighted by Crippen LogP contribution is -2.52. The monoisotopic (exact) mass is 304 g/mol. The maximum absolute atomic E-state index is 12.4. The molecule has 112 valence electrons. The van der Waals surface area contributed by atoms with Crippen LogP contribution in [0.15, 0.2) is 42.5 Å². The number of hydrogen-bond acceptors (Lipinski definition) is 2. The molecule has 0 spiro atoms. The highest BCUT2D eigenvalue weighted by Crippen LogP contribution is 2.20. The van der Waals surface area contributed by atoms with Gasteiger partial charge in [0.25, 0.3) is 5.91 Å². The first-order chi connectivity index (χ1) is 9.66. The first-order valence-electron chi connectivity index (χ1n) is 7.18. The molecular formula is C17H21ClN2O. The van der Waals surface area contributed by atoms with Gasteiger partial charge in [-0.05, 0) is 55.8 Å². The van der Waals surface area contributed by atoms with Crippen LogP contribution in [-0.4, -0.2) is 24.5 Å². The molecule has 4 heteroatoms. The fourth-order valence-corrected chi connectivity index (χ4v) is 2.78. The zero-order chi connectivity index (χ0) is 14.0. The SMILES string of the molecule is CC1(NC(=O)c2ccc3ccccc3c2)CCNCC1.Cl. The minimum absolute atomic E-state index is 0. The van der Waals surface area contributed by atoms with Crippen LogP contribution in [0, 0.1) is 0 Å². The Labute approximate surface area is 131 Å². The molecular weight excluding hydrogens is 284 g/mol. The Morgan fingerprint density at radius 2 is 1.76 bits per heavy atom. The molecule has 21 heavy (non-hydrogen) atoms. The van der Waals surface area contributed by atoms with E-state index >= 15 is 0 Å². The summed E-state index contributed by atoms with van der Waals surface area (Å²) in [6.45, 7) is 4.07. The van der Waals surface area contributed by atoms with Crippen LogP contribution in [0.2, 0.25) is 0 Å². The number of amides is 1. The second-order valence-corrected chi connectivity index (χ2v) is 5.83. The zero-order valence-corrected chi connectivity index (χ0v) is 13.0. The van der Waals surface area contributed by atoms with Gasteiger partial charge in [0, 0.05) is 11.1 Å². The summed E-state index contributed by atoms with van der Waals surface area (Å²) in [6.07, 6.45) is 1.96. The Bertz CT molecular complexity index is 635. The number of nitrogens with one attached hydrogen (secondary N) is 2. The molecule has 3 nitrogen and oxygen atoms in total. The summed E-state index contributed by atoms with van der Waals surface area (Å²) < 4.78 is 0. The van der Waals surface area contributed by atoms with Crippen molar-refractivity contribution in [2.45, 2.75) is 25.3 Å². The smallest absolute Gasteiger partial charge is 0.251 e. The van der Waals surface area contributed by atoms with Gasteiger partial charge in [0.1, 0.15) is 0 Å². The largest absolute Gasteiger partial charge is 0.347 e. The van der Waals surface area contributed by atoms with Crippen LogP contribution < -0.4 is 10.6 Å². The molecule has 0 unspecified atom stereocenters. The summed E-state index contributed by atoms with van der Waals surface area (Å²) in [5.41, 5.74) is 0.650. The van der Waals surface area contributed by atoms with Crippen LogP contribution in [-0.2, 0) is 0 Å². The van der Waals surface area contributed by atoms with Crippen molar-refractivity contribution in [2.24, 2.45) is 0 Å². The van der Waals surface area contributed by atoms with Gasteiger partial charge in [-0.2, -0.15) is 0 Å². The number of rotatable bonds is 2. The Morgan fingerprint density at radius 1 is 1.10 bits per heavy atom. The number of benzene rings is 2. The molecule has 1 amide bonds. The first-order valence-corrected chi connectivity index (χ1v) is 7.18. The Morgan fingerprint density at radius 3 is 2.48 bits per heavy atom. The average Bonchev–Trinajstić information content (AvgIpc) is 2.47. The minimum Gasteiger partial charge on any atom is -0.347 e. The van der Waals surface area contributed by atoms with Crippen LogP contribution in [0.3, 0.4) is 0 Å². The van der Waals surface area contributed by atoms with Crippen LogP contribution in [0.5, 0.6) is 0 Å². The summed E-state index contributed by atoms with van der Waals surface area (Å²) in [5, 5.41) is 8.79. The predicted octanol–water partition coefficient (Wildman–Crippen LogP) is 3.13. The Hall–Kier alpha value is -1.58. The van der Waals surface area contributed by atoms with E-state index < -0.39 is 0 Å². The number of fused-ring (bicyclic) bond motifs is 1. The maximum Gasteiger partial charge on any atom is 0.251 e. The molecule has 1 aliphatic heterocycles. The molecule has 2 N–H and O–H groups in total. The number of carbonyl (C=O) groups excluding carboxylic acids is 1. The molecule has 1 saturated heterocycles. The second kappa shape index (κ2) is 6.46. The highest BCUT2D eigenvalue weighted by Gasteiger charge is 2.28. The number of carbonyl (C=O) groups is 1. The topological polar surface area (TPSA) is 41.1 Å². The molecule has 1 aliphatic rings. The molecule has 2 aromatic carbocycles. The minimum atomic E-state index is -0.0893. The molecule has 3 rings (SSSR count). The van der Waals surface area contributed by atoms with Gasteiger partial charge in [0.15, 0.2) is 0 Å². The highest BCUT2D eigenvalue weighted by molar-refractivity contribution is 5.98. The van der Waals surface area contributed by atoms with Crippen LogP contribution in [0.25, 0.3) is 10.8 Å². The standard InChI is InChI=1S/C17H20N2O.ClH/c1-17(8-10-18-11-9-17)19-16(20)15-7-6-13-4-2-3-5-14(13)12-15;/h2-7,12,18H,8-11H2,1H3,(H,19,20);1H. The summed E-state index contributed by atoms with van der Waals surface area (Å²) in [7, 11) is 0. The molecule has 1 fully saturated rings.